The van der Waals surface area contributed by atoms with Gasteiger partial charge in [0.1, 0.15) is 23.2 Å². The van der Waals surface area contributed by atoms with Crippen molar-refractivity contribution in [3.8, 4) is 5.75 Å². The van der Waals surface area contributed by atoms with Crippen LogP contribution in [0.1, 0.15) is 19.4 Å². The van der Waals surface area contributed by atoms with Crippen molar-refractivity contribution in [1.82, 2.24) is 0 Å². The largest absolute Gasteiger partial charge is 0.490 e. The van der Waals surface area contributed by atoms with Crippen LogP contribution in [0.3, 0.4) is 0 Å². The van der Waals surface area contributed by atoms with Gasteiger partial charge in [-0.3, -0.25) is 0 Å². The fraction of sp³-hybridized carbons (Fsp3) is 0.462. The fourth-order valence-corrected chi connectivity index (χ4v) is 1.51. The number of hydrogen-bond donors (Lipinski definition) is 1. The third kappa shape index (κ3) is 4.98. The highest BCUT2D eigenvalue weighted by atomic mass is 32.1. The average Bonchev–Trinajstić information content (AvgIpc) is 2.29. The van der Waals surface area contributed by atoms with Crippen molar-refractivity contribution in [1.29, 1.82) is 0 Å². The Labute approximate surface area is 112 Å². The molecule has 1 aromatic carbocycles. The van der Waals surface area contributed by atoms with Gasteiger partial charge >= 0.3 is 0 Å². The molecule has 0 atom stereocenters. The summed E-state index contributed by atoms with van der Waals surface area (Å²) in [6.45, 7) is 5.70. The lowest BCUT2D eigenvalue weighted by Crippen LogP contribution is -2.15. The van der Waals surface area contributed by atoms with Gasteiger partial charge in [-0.1, -0.05) is 26.1 Å². The van der Waals surface area contributed by atoms with Crippen LogP contribution in [0.25, 0.3) is 0 Å². The topological polar surface area (TPSA) is 44.5 Å². The Bertz CT molecular complexity index is 410. The van der Waals surface area contributed by atoms with Crippen molar-refractivity contribution >= 4 is 17.2 Å². The summed E-state index contributed by atoms with van der Waals surface area (Å²) in [5, 5.41) is 0. The minimum absolute atomic E-state index is 0.118. The maximum absolute atomic E-state index is 13.0. The van der Waals surface area contributed by atoms with Crippen LogP contribution < -0.4 is 10.5 Å². The van der Waals surface area contributed by atoms with E-state index in [0.717, 1.165) is 0 Å². The minimum Gasteiger partial charge on any atom is -0.490 e. The van der Waals surface area contributed by atoms with Gasteiger partial charge in [0, 0.05) is 6.61 Å². The van der Waals surface area contributed by atoms with E-state index in [1.807, 2.05) is 0 Å². The van der Waals surface area contributed by atoms with E-state index in [9.17, 15) is 4.39 Å². The molecule has 0 aliphatic rings. The molecule has 0 unspecified atom stereocenters. The van der Waals surface area contributed by atoms with Gasteiger partial charge in [0.25, 0.3) is 0 Å². The monoisotopic (exact) mass is 271 g/mol. The Hall–Kier alpha value is -1.20. The summed E-state index contributed by atoms with van der Waals surface area (Å²) in [5.74, 6) is 0.584. The number of benzene rings is 1. The predicted molar refractivity (Wildman–Crippen MR) is 73.4 cm³/mol. The molecule has 0 aromatic heterocycles. The molecule has 0 heterocycles. The number of halogens is 1. The SMILES string of the molecule is CC(C)COCCOc1ccc(F)cc1C(N)=S. The van der Waals surface area contributed by atoms with Gasteiger partial charge < -0.3 is 15.2 Å². The molecule has 2 N–H and O–H groups in total. The number of hydrogen-bond acceptors (Lipinski definition) is 3. The number of ether oxygens (including phenoxy) is 2. The van der Waals surface area contributed by atoms with Gasteiger partial charge in [-0.2, -0.15) is 0 Å². The minimum atomic E-state index is -0.388. The van der Waals surface area contributed by atoms with Crippen LogP contribution in [-0.4, -0.2) is 24.8 Å². The van der Waals surface area contributed by atoms with Crippen molar-refractivity contribution in [3.63, 3.8) is 0 Å². The van der Waals surface area contributed by atoms with E-state index >= 15 is 0 Å². The van der Waals surface area contributed by atoms with E-state index in [1.54, 1.807) is 0 Å². The Kier molecular flexibility index (Phi) is 6.01. The third-order valence-corrected chi connectivity index (χ3v) is 2.36. The molecule has 3 nitrogen and oxygen atoms in total. The Morgan fingerprint density at radius 3 is 2.72 bits per heavy atom. The van der Waals surface area contributed by atoms with Crippen LogP contribution in [0.5, 0.6) is 5.75 Å². The fourth-order valence-electron chi connectivity index (χ4n) is 1.35. The third-order valence-electron chi connectivity index (χ3n) is 2.14. The van der Waals surface area contributed by atoms with Crippen molar-refractivity contribution in [2.45, 2.75) is 13.8 Å². The highest BCUT2D eigenvalue weighted by Gasteiger charge is 2.08. The van der Waals surface area contributed by atoms with E-state index in [2.05, 4.69) is 13.8 Å². The maximum Gasteiger partial charge on any atom is 0.129 e. The molecule has 0 spiro atoms. The number of thiocarbonyl (C=S) groups is 1. The van der Waals surface area contributed by atoms with Gasteiger partial charge in [-0.25, -0.2) is 4.39 Å². The van der Waals surface area contributed by atoms with E-state index in [4.69, 9.17) is 27.4 Å². The molecule has 100 valence electrons. The molecule has 0 saturated heterocycles. The second kappa shape index (κ2) is 7.28. The van der Waals surface area contributed by atoms with Crippen LogP contribution in [0, 0.1) is 11.7 Å². The zero-order chi connectivity index (χ0) is 13.5. The van der Waals surface area contributed by atoms with Crippen LogP contribution in [0.4, 0.5) is 4.39 Å². The predicted octanol–water partition coefficient (Wildman–Crippen LogP) is 2.51. The summed E-state index contributed by atoms with van der Waals surface area (Å²) in [6, 6.07) is 4.10. The summed E-state index contributed by atoms with van der Waals surface area (Å²) in [4.78, 5) is 0.118. The lowest BCUT2D eigenvalue weighted by atomic mass is 10.2. The quantitative estimate of drug-likeness (QED) is 0.611. The lowest BCUT2D eigenvalue weighted by Gasteiger charge is -2.11. The number of rotatable bonds is 7. The van der Waals surface area contributed by atoms with Gasteiger partial charge in [0.05, 0.1) is 12.2 Å². The van der Waals surface area contributed by atoms with Gasteiger partial charge in [-0.05, 0) is 24.1 Å². The normalized spacial score (nSPS) is 10.7. The first-order valence-electron chi connectivity index (χ1n) is 5.80. The second-order valence-electron chi connectivity index (χ2n) is 4.32. The van der Waals surface area contributed by atoms with E-state index < -0.39 is 0 Å². The van der Waals surface area contributed by atoms with Crippen molar-refractivity contribution in [2.24, 2.45) is 11.7 Å². The summed E-state index contributed by atoms with van der Waals surface area (Å²) in [6.07, 6.45) is 0. The summed E-state index contributed by atoms with van der Waals surface area (Å²) in [5.41, 5.74) is 5.92. The van der Waals surface area contributed by atoms with Crippen LogP contribution in [-0.2, 0) is 4.74 Å². The standard InChI is InChI=1S/C13H18FNO2S/c1-9(2)8-16-5-6-17-12-4-3-10(14)7-11(12)13(15)18/h3-4,7,9H,5-6,8H2,1-2H3,(H2,15,18). The highest BCUT2D eigenvalue weighted by molar-refractivity contribution is 7.80. The summed E-state index contributed by atoms with van der Waals surface area (Å²) >= 11 is 4.84. The first-order chi connectivity index (χ1) is 8.50. The molecule has 0 saturated carbocycles. The highest BCUT2D eigenvalue weighted by Crippen LogP contribution is 2.19. The van der Waals surface area contributed by atoms with Crippen molar-refractivity contribution in [2.75, 3.05) is 19.8 Å². The smallest absolute Gasteiger partial charge is 0.129 e. The number of nitrogens with two attached hydrogens (primary N) is 1. The van der Waals surface area contributed by atoms with Crippen LogP contribution >= 0.6 is 12.2 Å². The Morgan fingerprint density at radius 2 is 2.11 bits per heavy atom. The van der Waals surface area contributed by atoms with Crippen molar-refractivity contribution < 1.29 is 13.9 Å². The van der Waals surface area contributed by atoms with Crippen LogP contribution in [0.15, 0.2) is 18.2 Å². The molecule has 0 amide bonds. The molecule has 5 heteroatoms. The molecule has 0 aliphatic carbocycles. The first kappa shape index (κ1) is 14.9. The molecule has 0 bridgehead atoms. The van der Waals surface area contributed by atoms with Gasteiger partial charge in [0.15, 0.2) is 0 Å². The molecular formula is C13H18FNO2S. The van der Waals surface area contributed by atoms with E-state index in [-0.39, 0.29) is 10.8 Å². The first-order valence-corrected chi connectivity index (χ1v) is 6.21. The van der Waals surface area contributed by atoms with Gasteiger partial charge in [0.2, 0.25) is 0 Å². The van der Waals surface area contributed by atoms with Gasteiger partial charge in [-0.15, -0.1) is 0 Å². The molecule has 1 aromatic rings. The zero-order valence-electron chi connectivity index (χ0n) is 10.6. The molecule has 1 rings (SSSR count). The Balaban J connectivity index is 2.49. The molecule has 0 radical (unpaired) electrons. The molecule has 0 aliphatic heterocycles. The lowest BCUT2D eigenvalue weighted by molar-refractivity contribution is 0.0818. The molecule has 0 fully saturated rings. The zero-order valence-corrected chi connectivity index (χ0v) is 11.4. The average molecular weight is 271 g/mol. The van der Waals surface area contributed by atoms with Crippen LogP contribution in [0.2, 0.25) is 0 Å². The van der Waals surface area contributed by atoms with E-state index in [0.29, 0.717) is 37.1 Å². The van der Waals surface area contributed by atoms with E-state index in [1.165, 1.54) is 18.2 Å². The molecule has 18 heavy (non-hydrogen) atoms. The molecular weight excluding hydrogens is 253 g/mol. The summed E-state index contributed by atoms with van der Waals surface area (Å²) in [7, 11) is 0. The van der Waals surface area contributed by atoms with Crippen molar-refractivity contribution in [3.05, 3.63) is 29.6 Å². The Morgan fingerprint density at radius 1 is 1.39 bits per heavy atom. The summed E-state index contributed by atoms with van der Waals surface area (Å²) < 4.78 is 23.9. The maximum atomic E-state index is 13.0. The second-order valence-corrected chi connectivity index (χ2v) is 4.76.